The molecule has 3 aliphatic heterocycles. The molecule has 0 aromatic heterocycles. The molecule has 2 unspecified atom stereocenters. The fourth-order valence-electron chi connectivity index (χ4n) is 4.23. The Kier molecular flexibility index (Phi) is 5.36. The third kappa shape index (κ3) is 3.38. The predicted molar refractivity (Wildman–Crippen MR) is 111 cm³/mol. The van der Waals surface area contributed by atoms with Gasteiger partial charge in [-0.3, -0.25) is 14.5 Å². The lowest BCUT2D eigenvalue weighted by Gasteiger charge is -2.41. The molecule has 0 N–H and O–H groups in total. The van der Waals surface area contributed by atoms with Crippen molar-refractivity contribution in [3.63, 3.8) is 0 Å². The molecule has 0 radical (unpaired) electrons. The smallest absolute Gasteiger partial charge is 0.328 e. The summed E-state index contributed by atoms with van der Waals surface area (Å²) in [6.07, 6.45) is 1.27. The van der Waals surface area contributed by atoms with Crippen LogP contribution in [-0.2, 0) is 14.3 Å². The molecule has 2 atom stereocenters. The fraction of sp³-hybridized carbons (Fsp3) is 0.524. The quantitative estimate of drug-likeness (QED) is 0.694. The number of aliphatic imine (C=N–C) groups is 1. The molecule has 3 amide bonds. The van der Waals surface area contributed by atoms with Gasteiger partial charge in [0.15, 0.2) is 12.2 Å². The molecule has 30 heavy (non-hydrogen) atoms. The first-order valence-corrected chi connectivity index (χ1v) is 10.3. The van der Waals surface area contributed by atoms with Gasteiger partial charge in [0.05, 0.1) is 6.61 Å². The Morgan fingerprint density at radius 2 is 1.87 bits per heavy atom. The number of likely N-dealkylation sites (N-methyl/N-ethyl adjacent to an activating group) is 1. The second-order valence-corrected chi connectivity index (χ2v) is 7.80. The standard InChI is InChI=1S/C21H27N5O4/c1-4-30-16(27)13-26-19(28)17-18(23(3)21(26)29)22-20-24(11-5-6-12-25(17)20)15-9-7-14(2)8-10-15/h7-10,17-18H,4-6,11-13H2,1-3H3. The van der Waals surface area contributed by atoms with E-state index in [0.717, 1.165) is 30.0 Å². The van der Waals surface area contributed by atoms with E-state index in [-0.39, 0.29) is 13.2 Å². The Morgan fingerprint density at radius 3 is 2.57 bits per heavy atom. The van der Waals surface area contributed by atoms with Gasteiger partial charge in [0.2, 0.25) is 5.96 Å². The third-order valence-corrected chi connectivity index (χ3v) is 5.78. The zero-order valence-electron chi connectivity index (χ0n) is 17.6. The lowest BCUT2D eigenvalue weighted by atomic mass is 10.1. The van der Waals surface area contributed by atoms with Crippen LogP contribution in [-0.4, -0.2) is 84.1 Å². The minimum Gasteiger partial charge on any atom is -0.465 e. The number of nitrogens with zero attached hydrogens (tertiary/aromatic N) is 5. The van der Waals surface area contributed by atoms with Crippen molar-refractivity contribution in [1.29, 1.82) is 0 Å². The lowest BCUT2D eigenvalue weighted by molar-refractivity contribution is -0.150. The van der Waals surface area contributed by atoms with E-state index < -0.39 is 30.1 Å². The van der Waals surface area contributed by atoms with Crippen molar-refractivity contribution in [2.75, 3.05) is 38.2 Å². The number of imide groups is 1. The summed E-state index contributed by atoms with van der Waals surface area (Å²) in [6.45, 7) is 5.00. The van der Waals surface area contributed by atoms with Crippen molar-refractivity contribution in [2.24, 2.45) is 4.99 Å². The molecule has 9 nitrogen and oxygen atoms in total. The summed E-state index contributed by atoms with van der Waals surface area (Å²) in [7, 11) is 1.62. The summed E-state index contributed by atoms with van der Waals surface area (Å²) in [4.78, 5) is 49.4. The Balaban J connectivity index is 1.66. The molecule has 4 rings (SSSR count). The van der Waals surface area contributed by atoms with Gasteiger partial charge in [-0.05, 0) is 38.8 Å². The first-order chi connectivity index (χ1) is 14.4. The van der Waals surface area contributed by atoms with Crippen molar-refractivity contribution in [3.8, 4) is 0 Å². The molecule has 0 aliphatic carbocycles. The van der Waals surface area contributed by atoms with Crippen LogP contribution in [0.3, 0.4) is 0 Å². The number of ether oxygens (including phenoxy) is 1. The van der Waals surface area contributed by atoms with Crippen molar-refractivity contribution < 1.29 is 19.1 Å². The average molecular weight is 413 g/mol. The van der Waals surface area contributed by atoms with Gasteiger partial charge >= 0.3 is 12.0 Å². The normalized spacial score (nSPS) is 23.8. The summed E-state index contributed by atoms with van der Waals surface area (Å²) in [6, 6.07) is 7.03. The molecule has 0 saturated carbocycles. The molecule has 1 aromatic carbocycles. The van der Waals surface area contributed by atoms with Gasteiger partial charge in [0, 0.05) is 25.8 Å². The number of aryl methyl sites for hydroxylation is 1. The molecule has 160 valence electrons. The molecule has 0 spiro atoms. The lowest BCUT2D eigenvalue weighted by Crippen LogP contribution is -2.66. The summed E-state index contributed by atoms with van der Waals surface area (Å²) in [5.41, 5.74) is 2.18. The van der Waals surface area contributed by atoms with Crippen LogP contribution in [0.15, 0.2) is 29.3 Å². The molecule has 9 heteroatoms. The van der Waals surface area contributed by atoms with E-state index in [0.29, 0.717) is 12.5 Å². The van der Waals surface area contributed by atoms with Gasteiger partial charge in [-0.1, -0.05) is 17.7 Å². The van der Waals surface area contributed by atoms with Crippen LogP contribution in [0.5, 0.6) is 0 Å². The van der Waals surface area contributed by atoms with E-state index in [1.165, 1.54) is 10.5 Å². The molecule has 3 heterocycles. The van der Waals surface area contributed by atoms with Crippen LogP contribution >= 0.6 is 0 Å². The number of hydrogen-bond acceptors (Lipinski definition) is 7. The Bertz CT molecular complexity index is 884. The maximum atomic E-state index is 13.3. The first-order valence-electron chi connectivity index (χ1n) is 10.3. The zero-order valence-corrected chi connectivity index (χ0v) is 17.6. The van der Waals surface area contributed by atoms with Gasteiger partial charge in [0.1, 0.15) is 6.54 Å². The van der Waals surface area contributed by atoms with E-state index in [9.17, 15) is 14.4 Å². The van der Waals surface area contributed by atoms with E-state index in [1.807, 2.05) is 24.0 Å². The molecule has 1 aromatic rings. The predicted octanol–water partition coefficient (Wildman–Crippen LogP) is 1.42. The third-order valence-electron chi connectivity index (χ3n) is 5.78. The van der Waals surface area contributed by atoms with Gasteiger partial charge < -0.3 is 19.4 Å². The van der Waals surface area contributed by atoms with Crippen LogP contribution in [0, 0.1) is 6.92 Å². The van der Waals surface area contributed by atoms with E-state index in [4.69, 9.17) is 9.73 Å². The summed E-state index contributed by atoms with van der Waals surface area (Å²) in [5.74, 6) is -0.291. The second kappa shape index (κ2) is 7.97. The number of carbonyl (C=O) groups is 3. The number of benzene rings is 1. The number of fused-ring (bicyclic) bond motifs is 3. The zero-order chi connectivity index (χ0) is 21.4. The maximum absolute atomic E-state index is 13.3. The van der Waals surface area contributed by atoms with Crippen LogP contribution in [0.4, 0.5) is 10.5 Å². The summed E-state index contributed by atoms with van der Waals surface area (Å²) >= 11 is 0. The average Bonchev–Trinajstić information content (AvgIpc) is 2.98. The number of hydrogen-bond donors (Lipinski definition) is 0. The largest absolute Gasteiger partial charge is 0.465 e. The topological polar surface area (TPSA) is 85.8 Å². The number of esters is 1. The molecule has 2 saturated heterocycles. The van der Waals surface area contributed by atoms with Crippen LogP contribution in [0.25, 0.3) is 0 Å². The number of rotatable bonds is 4. The Hall–Kier alpha value is -3.10. The van der Waals surface area contributed by atoms with Crippen molar-refractivity contribution in [2.45, 2.75) is 38.9 Å². The Labute approximate surface area is 175 Å². The summed E-state index contributed by atoms with van der Waals surface area (Å²) < 4.78 is 4.94. The monoisotopic (exact) mass is 413 g/mol. The van der Waals surface area contributed by atoms with Gasteiger partial charge in [-0.15, -0.1) is 0 Å². The van der Waals surface area contributed by atoms with Crippen molar-refractivity contribution >= 4 is 29.6 Å². The molecule has 2 fully saturated rings. The maximum Gasteiger partial charge on any atom is 0.328 e. The van der Waals surface area contributed by atoms with Crippen molar-refractivity contribution in [3.05, 3.63) is 29.8 Å². The number of guanidine groups is 1. The fourth-order valence-corrected chi connectivity index (χ4v) is 4.23. The molecule has 3 aliphatic rings. The van der Waals surface area contributed by atoms with Crippen LogP contribution < -0.4 is 4.90 Å². The highest BCUT2D eigenvalue weighted by Crippen LogP contribution is 2.32. The van der Waals surface area contributed by atoms with Gasteiger partial charge in [-0.2, -0.15) is 0 Å². The van der Waals surface area contributed by atoms with E-state index >= 15 is 0 Å². The van der Waals surface area contributed by atoms with Crippen LogP contribution in [0.1, 0.15) is 25.3 Å². The van der Waals surface area contributed by atoms with E-state index in [1.54, 1.807) is 14.0 Å². The Morgan fingerprint density at radius 1 is 1.17 bits per heavy atom. The second-order valence-electron chi connectivity index (χ2n) is 7.80. The molecular weight excluding hydrogens is 386 g/mol. The number of urea groups is 1. The van der Waals surface area contributed by atoms with Gasteiger partial charge in [0.25, 0.3) is 5.91 Å². The number of amides is 3. The van der Waals surface area contributed by atoms with Crippen LogP contribution in [0.2, 0.25) is 0 Å². The molecule has 0 bridgehead atoms. The molecular formula is C21H27N5O4. The highest BCUT2D eigenvalue weighted by Gasteiger charge is 2.53. The number of anilines is 1. The highest BCUT2D eigenvalue weighted by atomic mass is 16.5. The minimum absolute atomic E-state index is 0.196. The van der Waals surface area contributed by atoms with Gasteiger partial charge in [-0.25, -0.2) is 9.79 Å². The minimum atomic E-state index is -0.636. The van der Waals surface area contributed by atoms with E-state index in [2.05, 4.69) is 17.0 Å². The van der Waals surface area contributed by atoms with Crippen molar-refractivity contribution in [1.82, 2.24) is 14.7 Å². The SMILES string of the molecule is CCOC(=O)CN1C(=O)C2C(N=C3N(c4ccc(C)cc4)CCCCN32)N(C)C1=O. The summed E-state index contributed by atoms with van der Waals surface area (Å²) in [5, 5.41) is 0. The first kappa shape index (κ1) is 20.2. The number of carbonyl (C=O) groups excluding carboxylic acids is 3. The highest BCUT2D eigenvalue weighted by molar-refractivity contribution is 6.08.